The summed E-state index contributed by atoms with van der Waals surface area (Å²) in [6.45, 7) is 5.20. The maximum absolute atomic E-state index is 5.93. The summed E-state index contributed by atoms with van der Waals surface area (Å²) in [5.41, 5.74) is 7.15. The summed E-state index contributed by atoms with van der Waals surface area (Å²) in [6, 6.07) is 4.50. The van der Waals surface area contributed by atoms with E-state index in [-0.39, 0.29) is 24.8 Å². The highest BCUT2D eigenvalue weighted by Gasteiger charge is 2.19. The molecule has 0 aliphatic carbocycles. The van der Waals surface area contributed by atoms with Crippen LogP contribution in [0, 0.1) is 0 Å². The predicted octanol–water partition coefficient (Wildman–Crippen LogP) is 2.67. The summed E-state index contributed by atoms with van der Waals surface area (Å²) >= 11 is 0. The van der Waals surface area contributed by atoms with E-state index in [9.17, 15) is 0 Å². The molecule has 4 nitrogen and oxygen atoms in total. The van der Waals surface area contributed by atoms with Crippen molar-refractivity contribution in [2.45, 2.75) is 32.2 Å². The molecule has 19 heavy (non-hydrogen) atoms. The van der Waals surface area contributed by atoms with Crippen LogP contribution in [0.15, 0.2) is 18.3 Å². The maximum atomic E-state index is 5.93. The van der Waals surface area contributed by atoms with Gasteiger partial charge in [-0.05, 0) is 18.9 Å². The number of unbranched alkanes of at least 4 members (excludes halogenated alkanes) is 1. The van der Waals surface area contributed by atoms with Gasteiger partial charge in [0.15, 0.2) is 0 Å². The second-order valence-electron chi connectivity index (χ2n) is 4.67. The molecule has 0 spiro atoms. The third kappa shape index (κ3) is 5.43. The molecule has 1 aliphatic heterocycles. The van der Waals surface area contributed by atoms with Gasteiger partial charge >= 0.3 is 0 Å². The van der Waals surface area contributed by atoms with Gasteiger partial charge in [-0.25, -0.2) is 4.98 Å². The van der Waals surface area contributed by atoms with Gasteiger partial charge in [0.25, 0.3) is 0 Å². The van der Waals surface area contributed by atoms with Crippen molar-refractivity contribution < 1.29 is 0 Å². The lowest BCUT2D eigenvalue weighted by molar-refractivity contribution is 0.752. The van der Waals surface area contributed by atoms with Crippen LogP contribution in [0.25, 0.3) is 0 Å². The van der Waals surface area contributed by atoms with E-state index in [0.717, 1.165) is 31.9 Å². The molecule has 0 unspecified atom stereocenters. The molecular weight excluding hydrogens is 283 g/mol. The molecule has 1 aliphatic rings. The van der Waals surface area contributed by atoms with Gasteiger partial charge in [0, 0.05) is 43.6 Å². The van der Waals surface area contributed by atoms with Crippen LogP contribution in [-0.2, 0) is 0 Å². The molecule has 110 valence electrons. The van der Waals surface area contributed by atoms with E-state index in [1.807, 2.05) is 6.20 Å². The number of rotatable bonds is 5. The zero-order chi connectivity index (χ0) is 12.1. The Balaban J connectivity index is 0.00000162. The fourth-order valence-electron chi connectivity index (χ4n) is 2.13. The number of hydrogen-bond acceptors (Lipinski definition) is 4. The summed E-state index contributed by atoms with van der Waals surface area (Å²) in [6.07, 6.45) is 5.34. The van der Waals surface area contributed by atoms with E-state index in [4.69, 9.17) is 5.73 Å². The third-order valence-electron chi connectivity index (χ3n) is 3.17. The standard InChI is InChI=1S/C13H22N4.2ClH/c1-2-3-6-15-13-9-12(4-7-16-13)17-8-5-11(14)10-17;;/h4,7,9,11H,2-3,5-6,8,10,14H2,1H3,(H,15,16);2*1H/t11-;;/m1../s1. The summed E-state index contributed by atoms with van der Waals surface area (Å²) in [4.78, 5) is 6.66. The van der Waals surface area contributed by atoms with Crippen molar-refractivity contribution >= 4 is 36.3 Å². The number of pyridine rings is 1. The molecule has 0 bridgehead atoms. The van der Waals surface area contributed by atoms with Gasteiger partial charge in [0.2, 0.25) is 0 Å². The summed E-state index contributed by atoms with van der Waals surface area (Å²) in [7, 11) is 0. The first kappa shape index (κ1) is 18.3. The lowest BCUT2D eigenvalue weighted by Gasteiger charge is -2.18. The molecule has 1 aromatic heterocycles. The normalized spacial score (nSPS) is 17.6. The van der Waals surface area contributed by atoms with Gasteiger partial charge in [-0.2, -0.15) is 0 Å². The SMILES string of the molecule is CCCCNc1cc(N2CC[C@@H](N)C2)ccn1.Cl.Cl. The average molecular weight is 307 g/mol. The smallest absolute Gasteiger partial charge is 0.127 e. The highest BCUT2D eigenvalue weighted by Crippen LogP contribution is 2.21. The lowest BCUT2D eigenvalue weighted by atomic mass is 10.3. The molecule has 0 amide bonds. The number of anilines is 2. The van der Waals surface area contributed by atoms with Crippen LogP contribution in [0.3, 0.4) is 0 Å². The molecule has 0 saturated carbocycles. The van der Waals surface area contributed by atoms with E-state index in [0.29, 0.717) is 6.04 Å². The number of halogens is 2. The van der Waals surface area contributed by atoms with E-state index < -0.39 is 0 Å². The molecule has 1 fully saturated rings. The zero-order valence-electron chi connectivity index (χ0n) is 11.3. The summed E-state index contributed by atoms with van der Waals surface area (Å²) in [5, 5.41) is 3.35. The molecule has 2 rings (SSSR count). The van der Waals surface area contributed by atoms with Gasteiger partial charge in [-0.1, -0.05) is 13.3 Å². The van der Waals surface area contributed by atoms with E-state index in [2.05, 4.69) is 34.3 Å². The lowest BCUT2D eigenvalue weighted by Crippen LogP contribution is -2.26. The number of aromatic nitrogens is 1. The van der Waals surface area contributed by atoms with Gasteiger partial charge in [0.05, 0.1) is 0 Å². The van der Waals surface area contributed by atoms with Crippen LogP contribution in [-0.4, -0.2) is 30.7 Å². The van der Waals surface area contributed by atoms with E-state index in [1.165, 1.54) is 18.5 Å². The molecule has 3 N–H and O–H groups in total. The van der Waals surface area contributed by atoms with Crippen LogP contribution in [0.5, 0.6) is 0 Å². The Bertz CT molecular complexity index is 362. The van der Waals surface area contributed by atoms with Crippen molar-refractivity contribution in [3.63, 3.8) is 0 Å². The molecule has 0 radical (unpaired) electrons. The van der Waals surface area contributed by atoms with Gasteiger partial charge in [-0.15, -0.1) is 24.8 Å². The number of nitrogens with zero attached hydrogens (tertiary/aromatic N) is 2. The van der Waals surface area contributed by atoms with Gasteiger partial charge in [-0.3, -0.25) is 0 Å². The monoisotopic (exact) mass is 306 g/mol. The molecule has 1 atom stereocenters. The Morgan fingerprint density at radius 2 is 2.26 bits per heavy atom. The molecule has 1 aromatic rings. The van der Waals surface area contributed by atoms with Crippen molar-refractivity contribution in [1.29, 1.82) is 0 Å². The zero-order valence-corrected chi connectivity index (χ0v) is 13.0. The Morgan fingerprint density at radius 1 is 1.47 bits per heavy atom. The van der Waals surface area contributed by atoms with Crippen molar-refractivity contribution in [2.24, 2.45) is 5.73 Å². The van der Waals surface area contributed by atoms with Crippen LogP contribution in [0.4, 0.5) is 11.5 Å². The molecule has 6 heteroatoms. The van der Waals surface area contributed by atoms with Crippen LogP contribution >= 0.6 is 24.8 Å². The Morgan fingerprint density at radius 3 is 2.89 bits per heavy atom. The van der Waals surface area contributed by atoms with Crippen molar-refractivity contribution in [3.05, 3.63) is 18.3 Å². The first-order valence-electron chi connectivity index (χ1n) is 6.50. The maximum Gasteiger partial charge on any atom is 0.127 e. The number of hydrogen-bond donors (Lipinski definition) is 2. The van der Waals surface area contributed by atoms with Crippen molar-refractivity contribution in [3.8, 4) is 0 Å². The summed E-state index contributed by atoms with van der Waals surface area (Å²) < 4.78 is 0. The topological polar surface area (TPSA) is 54.2 Å². The fourth-order valence-corrected chi connectivity index (χ4v) is 2.13. The average Bonchev–Trinajstić information content (AvgIpc) is 2.77. The largest absolute Gasteiger partial charge is 0.370 e. The minimum Gasteiger partial charge on any atom is -0.370 e. The minimum atomic E-state index is 0. The Labute approximate surface area is 128 Å². The second-order valence-corrected chi connectivity index (χ2v) is 4.67. The van der Waals surface area contributed by atoms with Crippen molar-refractivity contribution in [2.75, 3.05) is 29.9 Å². The van der Waals surface area contributed by atoms with Gasteiger partial charge < -0.3 is 16.0 Å². The van der Waals surface area contributed by atoms with Crippen molar-refractivity contribution in [1.82, 2.24) is 4.98 Å². The highest BCUT2D eigenvalue weighted by molar-refractivity contribution is 5.85. The number of nitrogens with two attached hydrogens (primary N) is 1. The predicted molar refractivity (Wildman–Crippen MR) is 86.9 cm³/mol. The first-order valence-corrected chi connectivity index (χ1v) is 6.50. The third-order valence-corrected chi connectivity index (χ3v) is 3.17. The summed E-state index contributed by atoms with van der Waals surface area (Å²) in [5.74, 6) is 0.969. The van der Waals surface area contributed by atoms with E-state index >= 15 is 0 Å². The molecule has 2 heterocycles. The second kappa shape index (κ2) is 9.23. The molecular formula is C13H24Cl2N4. The van der Waals surface area contributed by atoms with Crippen LogP contribution in [0.1, 0.15) is 26.2 Å². The Kier molecular flexibility index (Phi) is 8.89. The first-order chi connectivity index (χ1) is 8.29. The van der Waals surface area contributed by atoms with Crippen LogP contribution in [0.2, 0.25) is 0 Å². The molecule has 1 saturated heterocycles. The molecule has 0 aromatic carbocycles. The minimum absolute atomic E-state index is 0. The number of nitrogens with one attached hydrogen (secondary N) is 1. The van der Waals surface area contributed by atoms with Crippen LogP contribution < -0.4 is 16.0 Å². The highest BCUT2D eigenvalue weighted by atomic mass is 35.5. The van der Waals surface area contributed by atoms with E-state index in [1.54, 1.807) is 0 Å². The fraction of sp³-hybridized carbons (Fsp3) is 0.615. The Hall–Kier alpha value is -0.710. The van der Waals surface area contributed by atoms with Gasteiger partial charge in [0.1, 0.15) is 5.82 Å². The quantitative estimate of drug-likeness (QED) is 0.821.